The third kappa shape index (κ3) is 7.39. The molecule has 0 radical (unpaired) electrons. The minimum atomic E-state index is -4.42. The number of carbonyl (C=O) groups is 1. The number of anilines is 1. The average Bonchev–Trinajstić information content (AvgIpc) is 3.19. The van der Waals surface area contributed by atoms with Crippen LogP contribution in [0.2, 0.25) is 5.02 Å². The first-order valence-electron chi connectivity index (χ1n) is 12.7. The van der Waals surface area contributed by atoms with Crippen LogP contribution in [0.15, 0.2) is 18.2 Å². The highest BCUT2D eigenvalue weighted by Gasteiger charge is 2.36. The van der Waals surface area contributed by atoms with Gasteiger partial charge in [0.1, 0.15) is 21.6 Å². The Labute approximate surface area is 232 Å². The number of amides is 1. The number of nitrogens with one attached hydrogen (secondary N) is 2. The molecule has 1 amide bonds. The van der Waals surface area contributed by atoms with Crippen molar-refractivity contribution in [1.82, 2.24) is 15.1 Å². The minimum absolute atomic E-state index is 0.0151. The van der Waals surface area contributed by atoms with Crippen molar-refractivity contribution in [1.29, 1.82) is 0 Å². The molecule has 1 fully saturated rings. The number of sulfone groups is 1. The first kappa shape index (κ1) is 31.1. The van der Waals surface area contributed by atoms with E-state index in [1.54, 1.807) is 10.7 Å². The van der Waals surface area contributed by atoms with Gasteiger partial charge in [0.05, 0.1) is 28.6 Å². The summed E-state index contributed by atoms with van der Waals surface area (Å²) in [6, 6.07) is 2.74. The lowest BCUT2D eigenvalue weighted by Crippen LogP contribution is -2.34. The number of nitrogens with zero attached hydrogens (tertiary/aromatic N) is 2. The lowest BCUT2D eigenvalue weighted by molar-refractivity contribution is -0.138. The smallest absolute Gasteiger partial charge is 0.408 e. The van der Waals surface area contributed by atoms with E-state index < -0.39 is 33.5 Å². The highest BCUT2D eigenvalue weighted by atomic mass is 35.5. The lowest BCUT2D eigenvalue weighted by Gasteiger charge is -2.27. The molecule has 0 saturated heterocycles. The Hall–Kier alpha value is -2.47. The Kier molecular flexibility index (Phi) is 9.21. The van der Waals surface area contributed by atoms with Gasteiger partial charge in [0.15, 0.2) is 5.69 Å². The minimum Gasteiger partial charge on any atom is -0.496 e. The molecule has 0 unspecified atom stereocenters. The van der Waals surface area contributed by atoms with E-state index in [0.29, 0.717) is 43.5 Å². The largest absolute Gasteiger partial charge is 0.496 e. The van der Waals surface area contributed by atoms with E-state index in [0.717, 1.165) is 6.92 Å². The predicted molar refractivity (Wildman–Crippen MR) is 146 cm³/mol. The molecule has 1 aliphatic rings. The summed E-state index contributed by atoms with van der Waals surface area (Å²) >= 11 is 6.74. The number of benzene rings is 1. The number of ether oxygens (including phenoxy) is 1. The fourth-order valence-electron chi connectivity index (χ4n) is 4.66. The summed E-state index contributed by atoms with van der Waals surface area (Å²) in [6.07, 6.45) is -0.650. The second-order valence-corrected chi connectivity index (χ2v) is 13.8. The molecular formula is C26H36ClF3N4O4S. The molecule has 1 atom stereocenters. The van der Waals surface area contributed by atoms with Crippen molar-refractivity contribution < 1.29 is 31.1 Å². The maximum absolute atomic E-state index is 13.2. The van der Waals surface area contributed by atoms with Crippen LogP contribution in [0.4, 0.5) is 18.9 Å². The van der Waals surface area contributed by atoms with E-state index in [2.05, 4.69) is 15.7 Å². The topological polar surface area (TPSA) is 102 Å². The van der Waals surface area contributed by atoms with Crippen LogP contribution >= 0.6 is 11.6 Å². The molecule has 8 nitrogen and oxygen atoms in total. The van der Waals surface area contributed by atoms with Crippen LogP contribution in [-0.2, 0) is 15.4 Å². The molecule has 3 rings (SSSR count). The van der Waals surface area contributed by atoms with Gasteiger partial charge in [-0.25, -0.2) is 8.42 Å². The number of hydrogen-bond donors (Lipinski definition) is 2. The van der Waals surface area contributed by atoms with E-state index in [1.807, 2.05) is 20.8 Å². The Bertz CT molecular complexity index is 1300. The summed E-state index contributed by atoms with van der Waals surface area (Å²) in [5, 5.41) is 9.57. The van der Waals surface area contributed by atoms with Crippen LogP contribution in [0.25, 0.3) is 11.3 Å². The molecule has 1 saturated carbocycles. The van der Waals surface area contributed by atoms with Crippen molar-refractivity contribution in [3.8, 4) is 17.0 Å². The van der Waals surface area contributed by atoms with Crippen molar-refractivity contribution in [2.75, 3.05) is 25.2 Å². The normalized spacial score (nSPS) is 19.4. The van der Waals surface area contributed by atoms with Crippen LogP contribution in [0, 0.1) is 5.92 Å². The van der Waals surface area contributed by atoms with Gasteiger partial charge in [-0.15, -0.1) is 0 Å². The zero-order valence-corrected chi connectivity index (χ0v) is 24.5. The van der Waals surface area contributed by atoms with Crippen molar-refractivity contribution in [2.45, 2.75) is 76.4 Å². The molecule has 218 valence electrons. The van der Waals surface area contributed by atoms with Crippen molar-refractivity contribution in [3.05, 3.63) is 28.9 Å². The molecule has 0 spiro atoms. The summed E-state index contributed by atoms with van der Waals surface area (Å²) in [4.78, 5) is 13.2. The predicted octanol–water partition coefficient (Wildman–Crippen LogP) is 5.66. The first-order valence-corrected chi connectivity index (χ1v) is 15.0. The summed E-state index contributed by atoms with van der Waals surface area (Å²) in [5.74, 6) is -0.0591. The van der Waals surface area contributed by atoms with Crippen molar-refractivity contribution in [3.63, 3.8) is 0 Å². The molecule has 1 aromatic heterocycles. The van der Waals surface area contributed by atoms with E-state index in [1.165, 1.54) is 25.5 Å². The van der Waals surface area contributed by atoms with E-state index in [4.69, 9.17) is 16.3 Å². The third-order valence-corrected chi connectivity index (χ3v) is 9.00. The SMILES string of the molecule is COc1cc(N[C@H](C)C(F)(F)F)ccc1-c1c(Cl)c(C(=O)NCC2CCC(S(C)(=O)=O)CC2)nn1C(C)(C)C. The van der Waals surface area contributed by atoms with Crippen LogP contribution in [0.3, 0.4) is 0 Å². The van der Waals surface area contributed by atoms with Gasteiger partial charge in [-0.05, 0) is 71.4 Å². The maximum atomic E-state index is 13.2. The third-order valence-electron chi connectivity index (χ3n) is 6.96. The molecule has 2 N–H and O–H groups in total. The average molecular weight is 593 g/mol. The summed E-state index contributed by atoms with van der Waals surface area (Å²) < 4.78 is 69.8. The monoisotopic (exact) mass is 592 g/mol. The fourth-order valence-corrected chi connectivity index (χ4v) is 6.09. The van der Waals surface area contributed by atoms with E-state index in [9.17, 15) is 26.4 Å². The molecule has 1 aliphatic carbocycles. The highest BCUT2D eigenvalue weighted by molar-refractivity contribution is 7.91. The lowest BCUT2D eigenvalue weighted by atomic mass is 9.89. The number of methoxy groups -OCH3 is 1. The number of rotatable bonds is 8. The fraction of sp³-hybridized carbons (Fsp3) is 0.615. The van der Waals surface area contributed by atoms with Gasteiger partial charge in [-0.3, -0.25) is 9.48 Å². The van der Waals surface area contributed by atoms with Crippen LogP contribution < -0.4 is 15.4 Å². The number of hydrogen-bond acceptors (Lipinski definition) is 6. The standard InChI is InChI=1S/C26H36ClF3N4O4S/c1-15(26(28,29)30)32-17-9-12-19(20(13-17)38-5)23-21(27)22(33-34(23)25(2,3)4)24(35)31-14-16-7-10-18(11-8-16)39(6,36)37/h9,12-13,15-16,18,32H,7-8,10-11,14H2,1-6H3,(H,31,35)/t15-,16?,18?/m1/s1. The Morgan fingerprint density at radius 2 is 1.82 bits per heavy atom. The summed E-state index contributed by atoms with van der Waals surface area (Å²) in [6.45, 7) is 7.04. The Morgan fingerprint density at radius 3 is 2.33 bits per heavy atom. The number of carbonyl (C=O) groups excluding carboxylic acids is 1. The second-order valence-electron chi connectivity index (χ2n) is 11.1. The Balaban J connectivity index is 1.87. The van der Waals surface area contributed by atoms with Gasteiger partial charge in [0.25, 0.3) is 5.91 Å². The maximum Gasteiger partial charge on any atom is 0.408 e. The summed E-state index contributed by atoms with van der Waals surface area (Å²) in [7, 11) is -1.68. The van der Waals surface area contributed by atoms with Gasteiger partial charge in [0.2, 0.25) is 0 Å². The molecule has 2 aromatic rings. The second kappa shape index (κ2) is 11.6. The van der Waals surface area contributed by atoms with Gasteiger partial charge in [-0.2, -0.15) is 18.3 Å². The first-order chi connectivity index (χ1) is 17.9. The van der Waals surface area contributed by atoms with Crippen LogP contribution in [-0.4, -0.2) is 61.5 Å². The zero-order valence-electron chi connectivity index (χ0n) is 22.9. The van der Waals surface area contributed by atoms with E-state index >= 15 is 0 Å². The number of aromatic nitrogens is 2. The zero-order chi connectivity index (χ0) is 29.3. The van der Waals surface area contributed by atoms with Gasteiger partial charge in [0, 0.05) is 30.1 Å². The van der Waals surface area contributed by atoms with Gasteiger partial charge < -0.3 is 15.4 Å². The molecule has 1 aromatic carbocycles. The summed E-state index contributed by atoms with van der Waals surface area (Å²) in [5.41, 5.74) is 0.487. The molecule has 0 bridgehead atoms. The highest BCUT2D eigenvalue weighted by Crippen LogP contribution is 2.41. The van der Waals surface area contributed by atoms with Crippen LogP contribution in [0.1, 0.15) is 63.9 Å². The van der Waals surface area contributed by atoms with Gasteiger partial charge >= 0.3 is 6.18 Å². The van der Waals surface area contributed by atoms with Gasteiger partial charge in [-0.1, -0.05) is 11.6 Å². The van der Waals surface area contributed by atoms with Crippen LogP contribution in [0.5, 0.6) is 5.75 Å². The molecule has 39 heavy (non-hydrogen) atoms. The Morgan fingerprint density at radius 1 is 1.21 bits per heavy atom. The number of halogens is 4. The molecule has 13 heteroatoms. The number of alkyl halides is 3. The van der Waals surface area contributed by atoms with Crippen molar-refractivity contribution in [2.24, 2.45) is 5.92 Å². The van der Waals surface area contributed by atoms with E-state index in [-0.39, 0.29) is 33.3 Å². The quantitative estimate of drug-likeness (QED) is 0.410. The molecule has 1 heterocycles. The molecular weight excluding hydrogens is 557 g/mol. The molecule has 0 aliphatic heterocycles. The van der Waals surface area contributed by atoms with Crippen molar-refractivity contribution >= 4 is 33.0 Å².